The van der Waals surface area contributed by atoms with Gasteiger partial charge >= 0.3 is 5.97 Å². The zero-order valence-electron chi connectivity index (χ0n) is 17.3. The lowest BCUT2D eigenvalue weighted by molar-refractivity contribution is -0.144. The zero-order chi connectivity index (χ0) is 23.4. The molecule has 0 aliphatic heterocycles. The number of aromatic nitrogens is 2. The lowest BCUT2D eigenvalue weighted by atomic mass is 10.1. The highest BCUT2D eigenvalue weighted by Gasteiger charge is 2.27. The molecular formula is C18H31N7O6. The topological polar surface area (TPSA) is 226 Å². The highest BCUT2D eigenvalue weighted by molar-refractivity contribution is 5.92. The number of nitrogens with two attached hydrogens (primary N) is 2. The molecule has 1 rings (SSSR count). The van der Waals surface area contributed by atoms with E-state index in [2.05, 4.69) is 25.9 Å². The Hall–Kier alpha value is -3.03. The van der Waals surface area contributed by atoms with Crippen molar-refractivity contribution in [2.45, 2.75) is 56.8 Å². The van der Waals surface area contributed by atoms with Crippen LogP contribution in [0.5, 0.6) is 0 Å². The number of nitrogens with one attached hydrogen (secondary N) is 4. The van der Waals surface area contributed by atoms with Gasteiger partial charge in [0.1, 0.15) is 6.04 Å². The van der Waals surface area contributed by atoms with E-state index in [0.29, 0.717) is 25.1 Å². The molecule has 4 atom stereocenters. The van der Waals surface area contributed by atoms with Gasteiger partial charge in [-0.25, -0.2) is 9.78 Å². The summed E-state index contributed by atoms with van der Waals surface area (Å²) in [5.74, 6) is -3.39. The average molecular weight is 441 g/mol. The van der Waals surface area contributed by atoms with Crippen LogP contribution < -0.4 is 27.4 Å². The molecule has 0 fully saturated rings. The molecule has 0 aliphatic carbocycles. The van der Waals surface area contributed by atoms with Gasteiger partial charge in [0, 0.05) is 18.3 Å². The predicted octanol–water partition coefficient (Wildman–Crippen LogP) is -3.04. The Morgan fingerprint density at radius 2 is 1.90 bits per heavy atom. The standard InChI is InChI=1S/C18H31N7O6/c1-10(26)15(18(30)31)25-14(27)8-22-17(29)13(4-2-3-5-19)24-16(28)12(20)6-11-7-21-9-23-11/h7,9-10,12-13,15,26H,2-6,8,19-20H2,1H3,(H,21,23)(H,22,29)(H,24,28)(H,25,27)(H,30,31). The van der Waals surface area contributed by atoms with Gasteiger partial charge in [-0.1, -0.05) is 0 Å². The van der Waals surface area contributed by atoms with Crippen molar-refractivity contribution >= 4 is 23.7 Å². The Morgan fingerprint density at radius 1 is 1.19 bits per heavy atom. The van der Waals surface area contributed by atoms with Gasteiger partial charge in [0.05, 0.1) is 25.0 Å². The average Bonchev–Trinajstić information content (AvgIpc) is 3.21. The lowest BCUT2D eigenvalue weighted by Crippen LogP contribution is -2.54. The van der Waals surface area contributed by atoms with E-state index < -0.39 is 54.5 Å². The van der Waals surface area contributed by atoms with E-state index in [1.807, 2.05) is 0 Å². The van der Waals surface area contributed by atoms with Crippen LogP contribution in [0, 0.1) is 0 Å². The molecule has 0 saturated heterocycles. The largest absolute Gasteiger partial charge is 0.480 e. The second-order valence-corrected chi connectivity index (χ2v) is 7.07. The van der Waals surface area contributed by atoms with E-state index in [1.54, 1.807) is 0 Å². The number of amides is 3. The molecule has 0 bridgehead atoms. The van der Waals surface area contributed by atoms with E-state index in [9.17, 15) is 24.3 Å². The fourth-order valence-electron chi connectivity index (χ4n) is 2.67. The second-order valence-electron chi connectivity index (χ2n) is 7.07. The number of aromatic amines is 1. The zero-order valence-corrected chi connectivity index (χ0v) is 17.3. The van der Waals surface area contributed by atoms with Crippen LogP contribution >= 0.6 is 0 Å². The van der Waals surface area contributed by atoms with Gasteiger partial charge < -0.3 is 42.6 Å². The molecular weight excluding hydrogens is 410 g/mol. The van der Waals surface area contributed by atoms with Gasteiger partial charge in [0.2, 0.25) is 17.7 Å². The van der Waals surface area contributed by atoms with Crippen LogP contribution in [0.25, 0.3) is 0 Å². The SMILES string of the molecule is CC(O)C(NC(=O)CNC(=O)C(CCCCN)NC(=O)C(N)Cc1cnc[nH]1)C(=O)O. The first-order valence-electron chi connectivity index (χ1n) is 9.86. The molecule has 1 aromatic rings. The smallest absolute Gasteiger partial charge is 0.328 e. The minimum atomic E-state index is -1.51. The van der Waals surface area contributed by atoms with Gasteiger partial charge in [-0.15, -0.1) is 0 Å². The third-order valence-corrected chi connectivity index (χ3v) is 4.40. The molecule has 31 heavy (non-hydrogen) atoms. The summed E-state index contributed by atoms with van der Waals surface area (Å²) in [4.78, 5) is 54.6. The van der Waals surface area contributed by atoms with E-state index >= 15 is 0 Å². The summed E-state index contributed by atoms with van der Waals surface area (Å²) >= 11 is 0. The quantitative estimate of drug-likeness (QED) is 0.137. The molecule has 1 heterocycles. The number of carbonyl (C=O) groups is 4. The molecule has 0 radical (unpaired) electrons. The number of hydrogen-bond acceptors (Lipinski definition) is 8. The minimum absolute atomic E-state index is 0.196. The van der Waals surface area contributed by atoms with E-state index in [4.69, 9.17) is 16.6 Å². The summed E-state index contributed by atoms with van der Waals surface area (Å²) < 4.78 is 0. The van der Waals surface area contributed by atoms with Crippen molar-refractivity contribution in [3.8, 4) is 0 Å². The summed E-state index contributed by atoms with van der Waals surface area (Å²) in [5.41, 5.74) is 12.0. The van der Waals surface area contributed by atoms with Crippen LogP contribution in [0.4, 0.5) is 0 Å². The summed E-state index contributed by atoms with van der Waals surface area (Å²) in [5, 5.41) is 25.4. The number of rotatable bonds is 14. The molecule has 0 aliphatic rings. The number of carboxylic acids is 1. The van der Waals surface area contributed by atoms with Crippen molar-refractivity contribution in [1.82, 2.24) is 25.9 Å². The van der Waals surface area contributed by atoms with Crippen LogP contribution in [0.15, 0.2) is 12.5 Å². The summed E-state index contributed by atoms with van der Waals surface area (Å²) in [6.45, 7) is 1.10. The van der Waals surface area contributed by atoms with Gasteiger partial charge in [-0.2, -0.15) is 0 Å². The van der Waals surface area contributed by atoms with Crippen molar-refractivity contribution < 1.29 is 29.4 Å². The molecule has 0 saturated carbocycles. The van der Waals surface area contributed by atoms with E-state index in [0.717, 1.165) is 0 Å². The van der Waals surface area contributed by atoms with Crippen molar-refractivity contribution in [1.29, 1.82) is 0 Å². The molecule has 13 heteroatoms. The van der Waals surface area contributed by atoms with Gasteiger partial charge in [-0.3, -0.25) is 14.4 Å². The Balaban J connectivity index is 2.64. The predicted molar refractivity (Wildman–Crippen MR) is 109 cm³/mol. The van der Waals surface area contributed by atoms with Crippen molar-refractivity contribution in [3.05, 3.63) is 18.2 Å². The molecule has 1 aromatic heterocycles. The first kappa shape index (κ1) is 26.0. The number of aliphatic carboxylic acids is 1. The maximum Gasteiger partial charge on any atom is 0.328 e. The monoisotopic (exact) mass is 441 g/mol. The van der Waals surface area contributed by atoms with Crippen LogP contribution in [0.1, 0.15) is 31.9 Å². The van der Waals surface area contributed by atoms with E-state index in [1.165, 1.54) is 19.4 Å². The molecule has 0 aromatic carbocycles. The summed E-state index contributed by atoms with van der Waals surface area (Å²) in [7, 11) is 0. The van der Waals surface area contributed by atoms with Crippen LogP contribution in [0.2, 0.25) is 0 Å². The number of aliphatic hydroxyl groups is 1. The van der Waals surface area contributed by atoms with Crippen LogP contribution in [-0.2, 0) is 25.6 Å². The maximum atomic E-state index is 12.5. The third-order valence-electron chi connectivity index (χ3n) is 4.40. The number of carboxylic acid groups (broad SMARTS) is 1. The molecule has 0 spiro atoms. The molecule has 13 nitrogen and oxygen atoms in total. The van der Waals surface area contributed by atoms with Gasteiger partial charge in [0.25, 0.3) is 0 Å². The highest BCUT2D eigenvalue weighted by Crippen LogP contribution is 2.03. The first-order valence-corrected chi connectivity index (χ1v) is 9.86. The first-order chi connectivity index (χ1) is 14.6. The Morgan fingerprint density at radius 3 is 2.45 bits per heavy atom. The number of aliphatic hydroxyl groups excluding tert-OH is 1. The van der Waals surface area contributed by atoms with Crippen LogP contribution in [-0.4, -0.2) is 81.2 Å². The Kier molecular flexibility index (Phi) is 11.2. The number of imidazole rings is 1. The van der Waals surface area contributed by atoms with Crippen molar-refractivity contribution in [2.75, 3.05) is 13.1 Å². The minimum Gasteiger partial charge on any atom is -0.480 e. The molecule has 174 valence electrons. The molecule has 3 amide bonds. The summed E-state index contributed by atoms with van der Waals surface area (Å²) in [6.07, 6.45) is 3.33. The normalized spacial score (nSPS) is 14.7. The fraction of sp³-hybridized carbons (Fsp3) is 0.611. The van der Waals surface area contributed by atoms with Crippen molar-refractivity contribution in [2.24, 2.45) is 11.5 Å². The maximum absolute atomic E-state index is 12.5. The van der Waals surface area contributed by atoms with Gasteiger partial charge in [-0.05, 0) is 32.7 Å². The number of H-pyrrole nitrogens is 1. The summed E-state index contributed by atoms with van der Waals surface area (Å²) in [6, 6.07) is -3.38. The molecule has 4 unspecified atom stereocenters. The number of unbranched alkanes of at least 4 members (excludes halogenated alkanes) is 1. The molecule has 10 N–H and O–H groups in total. The fourth-order valence-corrected chi connectivity index (χ4v) is 2.67. The van der Waals surface area contributed by atoms with Gasteiger partial charge in [0.15, 0.2) is 6.04 Å². The Labute approximate surface area is 179 Å². The highest BCUT2D eigenvalue weighted by atomic mass is 16.4. The second kappa shape index (κ2) is 13.3. The number of nitrogens with zero attached hydrogens (tertiary/aromatic N) is 1. The van der Waals surface area contributed by atoms with Crippen LogP contribution in [0.3, 0.4) is 0 Å². The van der Waals surface area contributed by atoms with Crippen molar-refractivity contribution in [3.63, 3.8) is 0 Å². The number of hydrogen-bond donors (Lipinski definition) is 8. The Bertz CT molecular complexity index is 725. The van der Waals surface area contributed by atoms with E-state index in [-0.39, 0.29) is 12.8 Å². The number of carbonyl (C=O) groups excluding carboxylic acids is 3. The lowest BCUT2D eigenvalue weighted by Gasteiger charge is -2.21. The third kappa shape index (κ3) is 9.55.